The van der Waals surface area contributed by atoms with Crippen molar-refractivity contribution in [1.29, 1.82) is 0 Å². The monoisotopic (exact) mass is 463 g/mol. The molecule has 0 radical (unpaired) electrons. The third kappa shape index (κ3) is 4.35. The fourth-order valence-electron chi connectivity index (χ4n) is 3.89. The van der Waals surface area contributed by atoms with Crippen LogP contribution in [0.15, 0.2) is 48.8 Å². The van der Waals surface area contributed by atoms with Crippen LogP contribution in [0.4, 0.5) is 28.7 Å². The maximum atomic E-state index is 12.1. The van der Waals surface area contributed by atoms with Gasteiger partial charge >= 0.3 is 17.6 Å². The molecular weight excluding hydrogens is 442 g/mol. The van der Waals surface area contributed by atoms with Gasteiger partial charge in [0, 0.05) is 17.9 Å². The third-order valence-corrected chi connectivity index (χ3v) is 5.39. The molecule has 11 nitrogen and oxygen atoms in total. The van der Waals surface area contributed by atoms with Crippen molar-refractivity contribution in [2.75, 3.05) is 31.0 Å². The van der Waals surface area contributed by atoms with Crippen LogP contribution in [0.25, 0.3) is 0 Å². The van der Waals surface area contributed by atoms with Crippen LogP contribution in [-0.4, -0.2) is 47.6 Å². The molecule has 1 aliphatic heterocycles. The van der Waals surface area contributed by atoms with E-state index in [-0.39, 0.29) is 34.1 Å². The Morgan fingerprint density at radius 3 is 2.38 bits per heavy atom. The van der Waals surface area contributed by atoms with Gasteiger partial charge in [0.15, 0.2) is 0 Å². The number of ether oxygens (including phenoxy) is 2. The number of methoxy groups -OCH3 is 2. The van der Waals surface area contributed by atoms with Crippen molar-refractivity contribution in [2.45, 2.75) is 12.8 Å². The molecule has 0 saturated carbocycles. The normalized spacial score (nSPS) is 12.5. The van der Waals surface area contributed by atoms with Crippen molar-refractivity contribution in [3.8, 4) is 0 Å². The summed E-state index contributed by atoms with van der Waals surface area (Å²) in [5.74, 6) is -1.31. The summed E-state index contributed by atoms with van der Waals surface area (Å²) in [5, 5.41) is 15.0. The number of fused-ring (bicyclic) bond motifs is 1. The van der Waals surface area contributed by atoms with Crippen molar-refractivity contribution in [1.82, 2.24) is 9.97 Å². The quantitative estimate of drug-likeness (QED) is 0.326. The molecule has 0 atom stereocenters. The van der Waals surface area contributed by atoms with Crippen molar-refractivity contribution in [3.05, 3.63) is 75.6 Å². The molecule has 4 rings (SSSR count). The molecule has 0 aliphatic carbocycles. The van der Waals surface area contributed by atoms with E-state index in [1.165, 1.54) is 38.7 Å². The SMILES string of the molecule is COC(=O)c1cc(Nc2ncnc(N3CCCc4ccccc43)c2[N+](=O)[O-])cc(C(=O)OC)c1. The minimum Gasteiger partial charge on any atom is -0.465 e. The fourth-order valence-corrected chi connectivity index (χ4v) is 3.89. The van der Waals surface area contributed by atoms with Gasteiger partial charge in [0.2, 0.25) is 11.6 Å². The van der Waals surface area contributed by atoms with E-state index in [1.807, 2.05) is 24.3 Å². The molecule has 1 aromatic heterocycles. The number of nitro groups is 1. The summed E-state index contributed by atoms with van der Waals surface area (Å²) in [5.41, 5.74) is 1.94. The van der Waals surface area contributed by atoms with Crippen molar-refractivity contribution >= 4 is 40.6 Å². The standard InChI is InChI=1S/C23H21N5O6/c1-33-22(29)15-10-16(23(30)34-2)12-17(11-15)26-20-19(28(31)32)21(25-13-24-20)27-9-5-7-14-6-3-4-8-18(14)27/h3-4,6,8,10-13H,5,7,9H2,1-2H3,(H,24,25,26). The molecule has 174 valence electrons. The minimum atomic E-state index is -0.684. The van der Waals surface area contributed by atoms with Gasteiger partial charge in [-0.1, -0.05) is 18.2 Å². The molecule has 1 aliphatic rings. The Balaban J connectivity index is 1.80. The topological polar surface area (TPSA) is 137 Å². The first-order valence-corrected chi connectivity index (χ1v) is 10.4. The zero-order chi connectivity index (χ0) is 24.2. The van der Waals surface area contributed by atoms with Crippen molar-refractivity contribution < 1.29 is 24.0 Å². The highest BCUT2D eigenvalue weighted by Crippen LogP contribution is 2.40. The zero-order valence-corrected chi connectivity index (χ0v) is 18.5. The van der Waals surface area contributed by atoms with Crippen LogP contribution < -0.4 is 10.2 Å². The number of benzene rings is 2. The number of nitrogens with zero attached hydrogens (tertiary/aromatic N) is 4. The summed E-state index contributed by atoms with van der Waals surface area (Å²) in [4.78, 5) is 45.9. The molecule has 34 heavy (non-hydrogen) atoms. The molecule has 11 heteroatoms. The van der Waals surface area contributed by atoms with E-state index in [2.05, 4.69) is 15.3 Å². The van der Waals surface area contributed by atoms with Gasteiger partial charge in [-0.3, -0.25) is 10.1 Å². The maximum absolute atomic E-state index is 12.1. The van der Waals surface area contributed by atoms with E-state index in [0.717, 1.165) is 24.1 Å². The van der Waals surface area contributed by atoms with E-state index < -0.39 is 16.9 Å². The van der Waals surface area contributed by atoms with E-state index in [9.17, 15) is 19.7 Å². The first-order chi connectivity index (χ1) is 16.4. The molecule has 0 bridgehead atoms. The predicted octanol–water partition coefficient (Wildman–Crippen LogP) is 3.79. The van der Waals surface area contributed by atoms with Crippen LogP contribution in [0.2, 0.25) is 0 Å². The number of hydrogen-bond acceptors (Lipinski definition) is 10. The Morgan fingerprint density at radius 2 is 1.74 bits per heavy atom. The van der Waals surface area contributed by atoms with Crippen LogP contribution >= 0.6 is 0 Å². The number of anilines is 4. The molecule has 0 saturated heterocycles. The van der Waals surface area contributed by atoms with E-state index in [0.29, 0.717) is 6.54 Å². The molecule has 0 amide bonds. The molecular formula is C23H21N5O6. The van der Waals surface area contributed by atoms with Crippen LogP contribution in [0.1, 0.15) is 32.7 Å². The van der Waals surface area contributed by atoms with Crippen LogP contribution in [-0.2, 0) is 15.9 Å². The zero-order valence-electron chi connectivity index (χ0n) is 18.5. The lowest BCUT2D eigenvalue weighted by Gasteiger charge is -2.30. The highest BCUT2D eigenvalue weighted by Gasteiger charge is 2.30. The summed E-state index contributed by atoms with van der Waals surface area (Å²) >= 11 is 0. The molecule has 2 aromatic carbocycles. The third-order valence-electron chi connectivity index (χ3n) is 5.39. The second-order valence-corrected chi connectivity index (χ2v) is 7.44. The number of rotatable bonds is 6. The summed E-state index contributed by atoms with van der Waals surface area (Å²) in [6.45, 7) is 0.554. The number of para-hydroxylation sites is 1. The van der Waals surface area contributed by atoms with E-state index in [1.54, 1.807) is 4.90 Å². The number of carbonyl (C=O) groups excluding carboxylic acids is 2. The molecule has 0 spiro atoms. The molecule has 2 heterocycles. The molecule has 0 fully saturated rings. The highest BCUT2D eigenvalue weighted by atomic mass is 16.6. The Bertz CT molecular complexity index is 1240. The number of esters is 2. The van der Waals surface area contributed by atoms with Gasteiger partial charge in [-0.2, -0.15) is 0 Å². The number of carbonyl (C=O) groups is 2. The van der Waals surface area contributed by atoms with E-state index >= 15 is 0 Å². The lowest BCUT2D eigenvalue weighted by atomic mass is 10.0. The lowest BCUT2D eigenvalue weighted by Crippen LogP contribution is -2.26. The molecule has 1 N–H and O–H groups in total. The van der Waals surface area contributed by atoms with Gasteiger partial charge < -0.3 is 19.7 Å². The summed E-state index contributed by atoms with van der Waals surface area (Å²) in [6.07, 6.45) is 2.91. The average Bonchev–Trinajstić information content (AvgIpc) is 2.86. The number of aryl methyl sites for hydroxylation is 1. The Labute approximate surface area is 194 Å². The van der Waals surface area contributed by atoms with Gasteiger partial charge in [-0.15, -0.1) is 0 Å². The smallest absolute Gasteiger partial charge is 0.354 e. The van der Waals surface area contributed by atoms with Gasteiger partial charge in [-0.05, 0) is 42.7 Å². The summed E-state index contributed by atoms with van der Waals surface area (Å²) in [7, 11) is 2.41. The number of aromatic nitrogens is 2. The van der Waals surface area contributed by atoms with Gasteiger partial charge in [0.25, 0.3) is 0 Å². The second-order valence-electron chi connectivity index (χ2n) is 7.44. The first kappa shape index (κ1) is 22.6. The average molecular weight is 463 g/mol. The van der Waals surface area contributed by atoms with Crippen LogP contribution in [0, 0.1) is 10.1 Å². The maximum Gasteiger partial charge on any atom is 0.354 e. The Hall–Kier alpha value is -4.54. The fraction of sp³-hybridized carbons (Fsp3) is 0.217. The Morgan fingerprint density at radius 1 is 1.06 bits per heavy atom. The predicted molar refractivity (Wildman–Crippen MR) is 123 cm³/mol. The van der Waals surface area contributed by atoms with Gasteiger partial charge in [0.1, 0.15) is 6.33 Å². The molecule has 3 aromatic rings. The first-order valence-electron chi connectivity index (χ1n) is 10.4. The Kier molecular flexibility index (Phi) is 6.35. The largest absolute Gasteiger partial charge is 0.465 e. The van der Waals surface area contributed by atoms with Gasteiger partial charge in [-0.25, -0.2) is 19.6 Å². The van der Waals surface area contributed by atoms with Crippen molar-refractivity contribution in [3.63, 3.8) is 0 Å². The molecule has 0 unspecified atom stereocenters. The second kappa shape index (κ2) is 9.53. The summed E-state index contributed by atoms with van der Waals surface area (Å²) in [6, 6.07) is 11.8. The number of hydrogen-bond donors (Lipinski definition) is 1. The summed E-state index contributed by atoms with van der Waals surface area (Å²) < 4.78 is 9.49. The highest BCUT2D eigenvalue weighted by molar-refractivity contribution is 5.97. The van der Waals surface area contributed by atoms with Gasteiger partial charge in [0.05, 0.1) is 30.3 Å². The van der Waals surface area contributed by atoms with Crippen LogP contribution in [0.5, 0.6) is 0 Å². The minimum absolute atomic E-state index is 0.0646. The van der Waals surface area contributed by atoms with Crippen molar-refractivity contribution in [2.24, 2.45) is 0 Å². The lowest BCUT2D eigenvalue weighted by molar-refractivity contribution is -0.383. The van der Waals surface area contributed by atoms with E-state index in [4.69, 9.17) is 9.47 Å². The number of nitrogens with one attached hydrogen (secondary N) is 1. The van der Waals surface area contributed by atoms with Crippen LogP contribution in [0.3, 0.4) is 0 Å².